The van der Waals surface area contributed by atoms with Gasteiger partial charge in [0.2, 0.25) is 0 Å². The van der Waals surface area contributed by atoms with Crippen LogP contribution in [0.25, 0.3) is 0 Å². The van der Waals surface area contributed by atoms with Gasteiger partial charge in [-0.3, -0.25) is 0 Å². The molecule has 0 bridgehead atoms. The van der Waals surface area contributed by atoms with Crippen molar-refractivity contribution in [1.29, 1.82) is 0 Å². The van der Waals surface area contributed by atoms with Crippen molar-refractivity contribution in [3.05, 3.63) is 35.1 Å². The van der Waals surface area contributed by atoms with E-state index in [-0.39, 0.29) is 11.9 Å². The normalized spacial score (nSPS) is 12.9. The number of nitrogens with one attached hydrogen (secondary N) is 1. The molecule has 4 heteroatoms. The average Bonchev–Trinajstić information content (AvgIpc) is 2.49. The third-order valence-corrected chi connectivity index (χ3v) is 3.84. The van der Waals surface area contributed by atoms with Crippen LogP contribution in [0, 0.1) is 12.7 Å². The molecule has 0 aromatic heterocycles. The van der Waals surface area contributed by atoms with Crippen LogP contribution in [0.1, 0.15) is 37.4 Å². The average molecular weight is 296 g/mol. The third-order valence-electron chi connectivity index (χ3n) is 3.84. The zero-order valence-corrected chi connectivity index (χ0v) is 13.8. The molecule has 0 heterocycles. The highest BCUT2D eigenvalue weighted by atomic mass is 19.1. The SMILES string of the molecule is CCNC(CCN(CC)CCOC)c1ccc(C)c(F)c1. The van der Waals surface area contributed by atoms with Crippen LogP contribution < -0.4 is 5.32 Å². The molecule has 1 aromatic rings. The molecule has 0 spiro atoms. The maximum Gasteiger partial charge on any atom is 0.126 e. The Labute approximate surface area is 128 Å². The lowest BCUT2D eigenvalue weighted by molar-refractivity contribution is 0.148. The highest BCUT2D eigenvalue weighted by Crippen LogP contribution is 2.20. The summed E-state index contributed by atoms with van der Waals surface area (Å²) in [7, 11) is 1.73. The van der Waals surface area contributed by atoms with Crippen molar-refractivity contribution in [3.63, 3.8) is 0 Å². The van der Waals surface area contributed by atoms with Crippen LogP contribution >= 0.6 is 0 Å². The molecule has 3 nitrogen and oxygen atoms in total. The van der Waals surface area contributed by atoms with Crippen LogP contribution in [-0.4, -0.2) is 44.8 Å². The molecule has 0 amide bonds. The molecule has 1 unspecified atom stereocenters. The fourth-order valence-electron chi connectivity index (χ4n) is 2.42. The summed E-state index contributed by atoms with van der Waals surface area (Å²) in [5.74, 6) is -0.123. The van der Waals surface area contributed by atoms with E-state index in [1.54, 1.807) is 20.1 Å². The molecular formula is C17H29FN2O. The van der Waals surface area contributed by atoms with Gasteiger partial charge in [0.05, 0.1) is 6.61 Å². The van der Waals surface area contributed by atoms with E-state index >= 15 is 0 Å². The van der Waals surface area contributed by atoms with Crippen molar-refractivity contribution in [2.24, 2.45) is 0 Å². The van der Waals surface area contributed by atoms with E-state index in [2.05, 4.69) is 24.1 Å². The number of methoxy groups -OCH3 is 1. The molecule has 0 aliphatic rings. The van der Waals surface area contributed by atoms with Gasteiger partial charge in [-0.05, 0) is 43.6 Å². The number of ether oxygens (including phenoxy) is 1. The number of halogens is 1. The Morgan fingerprint density at radius 3 is 2.62 bits per heavy atom. The predicted molar refractivity (Wildman–Crippen MR) is 86.2 cm³/mol. The zero-order valence-electron chi connectivity index (χ0n) is 13.8. The Bertz CT molecular complexity index is 412. The second kappa shape index (κ2) is 9.87. The molecule has 0 aliphatic carbocycles. The predicted octanol–water partition coefficient (Wildman–Crippen LogP) is 3.14. The van der Waals surface area contributed by atoms with Crippen LogP contribution in [0.2, 0.25) is 0 Å². The highest BCUT2D eigenvalue weighted by molar-refractivity contribution is 5.25. The lowest BCUT2D eigenvalue weighted by Crippen LogP contribution is -2.31. The highest BCUT2D eigenvalue weighted by Gasteiger charge is 2.13. The van der Waals surface area contributed by atoms with Gasteiger partial charge < -0.3 is 15.0 Å². The number of hydrogen-bond donors (Lipinski definition) is 1. The van der Waals surface area contributed by atoms with E-state index in [1.807, 2.05) is 12.1 Å². The summed E-state index contributed by atoms with van der Waals surface area (Å²) in [6.45, 7) is 10.6. The molecular weight excluding hydrogens is 267 g/mol. The molecule has 0 radical (unpaired) electrons. The van der Waals surface area contributed by atoms with Crippen LogP contribution in [0.4, 0.5) is 4.39 Å². The van der Waals surface area contributed by atoms with Gasteiger partial charge >= 0.3 is 0 Å². The standard InChI is InChI=1S/C17H29FN2O/c1-5-19-17(9-10-20(6-2)11-12-21-4)15-8-7-14(3)16(18)13-15/h7-8,13,17,19H,5-6,9-12H2,1-4H3. The van der Waals surface area contributed by atoms with Gasteiger partial charge in [0.15, 0.2) is 0 Å². The first-order valence-corrected chi connectivity index (χ1v) is 7.83. The minimum atomic E-state index is -0.123. The van der Waals surface area contributed by atoms with Gasteiger partial charge in [-0.1, -0.05) is 26.0 Å². The van der Waals surface area contributed by atoms with E-state index < -0.39 is 0 Å². The van der Waals surface area contributed by atoms with Crippen molar-refractivity contribution in [2.45, 2.75) is 33.2 Å². The minimum Gasteiger partial charge on any atom is -0.383 e. The maximum absolute atomic E-state index is 13.8. The lowest BCUT2D eigenvalue weighted by Gasteiger charge is -2.24. The monoisotopic (exact) mass is 296 g/mol. The number of benzene rings is 1. The summed E-state index contributed by atoms with van der Waals surface area (Å²) < 4.78 is 18.9. The first kappa shape index (κ1) is 18.1. The molecule has 120 valence electrons. The topological polar surface area (TPSA) is 24.5 Å². The quantitative estimate of drug-likeness (QED) is 0.718. The van der Waals surface area contributed by atoms with Crippen LogP contribution in [-0.2, 0) is 4.74 Å². The van der Waals surface area contributed by atoms with Crippen LogP contribution in [0.15, 0.2) is 18.2 Å². The zero-order chi connectivity index (χ0) is 15.7. The molecule has 0 fully saturated rings. The summed E-state index contributed by atoms with van der Waals surface area (Å²) in [5, 5.41) is 3.46. The lowest BCUT2D eigenvalue weighted by atomic mass is 10.0. The van der Waals surface area contributed by atoms with Crippen molar-refractivity contribution in [2.75, 3.05) is 39.9 Å². The Hall–Kier alpha value is -0.970. The smallest absolute Gasteiger partial charge is 0.126 e. The van der Waals surface area contributed by atoms with Crippen molar-refractivity contribution >= 4 is 0 Å². The summed E-state index contributed by atoms with van der Waals surface area (Å²) in [6.07, 6.45) is 0.966. The van der Waals surface area contributed by atoms with E-state index in [0.29, 0.717) is 5.56 Å². The number of nitrogens with zero attached hydrogens (tertiary/aromatic N) is 1. The first-order valence-electron chi connectivity index (χ1n) is 7.83. The Morgan fingerprint density at radius 1 is 1.29 bits per heavy atom. The number of rotatable bonds is 10. The van der Waals surface area contributed by atoms with Gasteiger partial charge in [0.1, 0.15) is 5.82 Å². The molecule has 1 atom stereocenters. The summed E-state index contributed by atoms with van der Waals surface area (Å²) >= 11 is 0. The fraction of sp³-hybridized carbons (Fsp3) is 0.647. The Balaban J connectivity index is 2.65. The second-order valence-electron chi connectivity index (χ2n) is 5.33. The number of hydrogen-bond acceptors (Lipinski definition) is 3. The summed E-state index contributed by atoms with van der Waals surface area (Å²) in [5.41, 5.74) is 1.73. The molecule has 0 saturated heterocycles. The van der Waals surface area contributed by atoms with Crippen molar-refractivity contribution in [1.82, 2.24) is 10.2 Å². The third kappa shape index (κ3) is 6.12. The number of likely N-dealkylation sites (N-methyl/N-ethyl adjacent to an activating group) is 1. The minimum absolute atomic E-state index is 0.123. The van der Waals surface area contributed by atoms with Crippen LogP contribution in [0.3, 0.4) is 0 Å². The van der Waals surface area contributed by atoms with E-state index in [4.69, 9.17) is 4.74 Å². The maximum atomic E-state index is 13.8. The van der Waals surface area contributed by atoms with E-state index in [1.165, 1.54) is 0 Å². The second-order valence-corrected chi connectivity index (χ2v) is 5.33. The molecule has 1 aromatic carbocycles. The molecule has 0 aliphatic heterocycles. The van der Waals surface area contributed by atoms with Gasteiger partial charge in [0.25, 0.3) is 0 Å². The molecule has 1 N–H and O–H groups in total. The van der Waals surface area contributed by atoms with Gasteiger partial charge in [-0.25, -0.2) is 4.39 Å². The number of aryl methyl sites for hydroxylation is 1. The molecule has 21 heavy (non-hydrogen) atoms. The first-order chi connectivity index (χ1) is 10.1. The Morgan fingerprint density at radius 2 is 2.05 bits per heavy atom. The molecule has 1 rings (SSSR count). The van der Waals surface area contributed by atoms with Gasteiger partial charge in [-0.15, -0.1) is 0 Å². The fourth-order valence-corrected chi connectivity index (χ4v) is 2.42. The summed E-state index contributed by atoms with van der Waals surface area (Å²) in [6, 6.07) is 5.74. The van der Waals surface area contributed by atoms with E-state index in [9.17, 15) is 4.39 Å². The van der Waals surface area contributed by atoms with Crippen molar-refractivity contribution < 1.29 is 9.13 Å². The van der Waals surface area contributed by atoms with Crippen LogP contribution in [0.5, 0.6) is 0 Å². The largest absolute Gasteiger partial charge is 0.383 e. The Kier molecular flexibility index (Phi) is 8.50. The molecule has 0 saturated carbocycles. The van der Waals surface area contributed by atoms with Gasteiger partial charge in [-0.2, -0.15) is 0 Å². The summed E-state index contributed by atoms with van der Waals surface area (Å²) in [4.78, 5) is 2.36. The van der Waals surface area contributed by atoms with E-state index in [0.717, 1.165) is 44.8 Å². The van der Waals surface area contributed by atoms with Gasteiger partial charge in [0, 0.05) is 26.2 Å². The van der Waals surface area contributed by atoms with Crippen molar-refractivity contribution in [3.8, 4) is 0 Å².